The second-order valence-electron chi connectivity index (χ2n) is 6.53. The van der Waals surface area contributed by atoms with E-state index in [1.165, 1.54) is 20.1 Å². The van der Waals surface area contributed by atoms with Crippen LogP contribution in [-0.2, 0) is 11.2 Å². The molecule has 3 rings (SSSR count). The molecule has 0 aromatic heterocycles. The molecule has 1 unspecified atom stereocenters. The number of hydrogen-bond acceptors (Lipinski definition) is 5. The Kier molecular flexibility index (Phi) is 5.76. The molecular formula is C21H23FN2O3. The molecular weight excluding hydrogens is 347 g/mol. The zero-order chi connectivity index (χ0) is 19.4. The molecule has 5 nitrogen and oxygen atoms in total. The molecule has 0 radical (unpaired) electrons. The molecule has 1 aliphatic rings. The van der Waals surface area contributed by atoms with E-state index in [0.717, 1.165) is 22.4 Å². The van der Waals surface area contributed by atoms with Crippen LogP contribution in [0.5, 0.6) is 5.75 Å². The maximum absolute atomic E-state index is 13.8. The van der Waals surface area contributed by atoms with Crippen molar-refractivity contribution < 1.29 is 19.0 Å². The topological polar surface area (TPSA) is 61.8 Å². The summed E-state index contributed by atoms with van der Waals surface area (Å²) in [6.45, 7) is 1.89. The number of carbonyl (C=O) groups excluding carboxylic acids is 1. The molecule has 0 aliphatic carbocycles. The Hall–Kier alpha value is -2.86. The summed E-state index contributed by atoms with van der Waals surface area (Å²) in [5.74, 6) is -0.226. The van der Waals surface area contributed by atoms with Gasteiger partial charge in [0.15, 0.2) is 11.6 Å². The first-order valence-corrected chi connectivity index (χ1v) is 8.79. The third-order valence-electron chi connectivity index (χ3n) is 4.48. The molecule has 0 saturated heterocycles. The van der Waals surface area contributed by atoms with Gasteiger partial charge in [0.05, 0.1) is 19.4 Å². The van der Waals surface area contributed by atoms with E-state index in [2.05, 4.69) is 5.32 Å². The summed E-state index contributed by atoms with van der Waals surface area (Å²) in [5.41, 5.74) is 3.71. The fraction of sp³-hybridized carbons (Fsp3) is 0.286. The molecule has 142 valence electrons. The Balaban J connectivity index is 1.88. The van der Waals surface area contributed by atoms with Gasteiger partial charge in [-0.1, -0.05) is 30.3 Å². The van der Waals surface area contributed by atoms with Crippen LogP contribution in [0, 0.1) is 5.82 Å². The lowest BCUT2D eigenvalue weighted by Gasteiger charge is -2.25. The summed E-state index contributed by atoms with van der Waals surface area (Å²) >= 11 is 0. The minimum Gasteiger partial charge on any atom is -0.494 e. The van der Waals surface area contributed by atoms with Crippen molar-refractivity contribution in [2.45, 2.75) is 19.5 Å². The van der Waals surface area contributed by atoms with Gasteiger partial charge in [-0.25, -0.2) is 4.39 Å². The Bertz CT molecular complexity index is 849. The van der Waals surface area contributed by atoms with Gasteiger partial charge in [-0.05, 0) is 42.2 Å². The van der Waals surface area contributed by atoms with E-state index >= 15 is 0 Å². The van der Waals surface area contributed by atoms with Crippen molar-refractivity contribution in [1.82, 2.24) is 10.2 Å². The van der Waals surface area contributed by atoms with Crippen molar-refractivity contribution in [2.75, 3.05) is 20.3 Å². The average Bonchev–Trinajstić information content (AvgIpc) is 3.06. The molecule has 27 heavy (non-hydrogen) atoms. The quantitative estimate of drug-likeness (QED) is 0.785. The van der Waals surface area contributed by atoms with Crippen molar-refractivity contribution in [2.24, 2.45) is 0 Å². The maximum Gasteiger partial charge on any atom is 0.165 e. The summed E-state index contributed by atoms with van der Waals surface area (Å²) < 4.78 is 18.8. The SMILES string of the molecule is COc1cc(C2NC(c3ccc(CCO)cc3)=CN2CC(C)=O)ccc1F. The molecule has 1 heterocycles. The minimum absolute atomic E-state index is 0.0340. The third kappa shape index (κ3) is 4.28. The minimum atomic E-state index is -0.426. The Morgan fingerprint density at radius 2 is 2.00 bits per heavy atom. The number of ether oxygens (including phenoxy) is 1. The van der Waals surface area contributed by atoms with Crippen molar-refractivity contribution >= 4 is 11.5 Å². The van der Waals surface area contributed by atoms with Gasteiger partial charge in [0.1, 0.15) is 11.9 Å². The maximum atomic E-state index is 13.8. The van der Waals surface area contributed by atoms with E-state index in [0.29, 0.717) is 6.42 Å². The van der Waals surface area contributed by atoms with E-state index in [-0.39, 0.29) is 30.9 Å². The van der Waals surface area contributed by atoms with E-state index in [1.807, 2.05) is 35.4 Å². The molecule has 0 amide bonds. The Morgan fingerprint density at radius 1 is 1.26 bits per heavy atom. The van der Waals surface area contributed by atoms with Crippen LogP contribution in [0.2, 0.25) is 0 Å². The number of aliphatic hydroxyl groups is 1. The zero-order valence-electron chi connectivity index (χ0n) is 15.4. The predicted molar refractivity (Wildman–Crippen MR) is 101 cm³/mol. The molecule has 1 atom stereocenters. The molecule has 2 aromatic rings. The highest BCUT2D eigenvalue weighted by atomic mass is 19.1. The highest BCUT2D eigenvalue weighted by molar-refractivity contribution is 5.78. The number of aliphatic hydroxyl groups excluding tert-OH is 1. The number of hydrogen-bond donors (Lipinski definition) is 2. The van der Waals surface area contributed by atoms with Crippen LogP contribution in [0.1, 0.15) is 29.8 Å². The van der Waals surface area contributed by atoms with Crippen LogP contribution < -0.4 is 10.1 Å². The molecule has 0 bridgehead atoms. The second kappa shape index (κ2) is 8.22. The molecule has 2 aromatic carbocycles. The first kappa shape index (κ1) is 18.9. The molecule has 0 spiro atoms. The molecule has 0 saturated carbocycles. The Morgan fingerprint density at radius 3 is 2.63 bits per heavy atom. The molecule has 2 N–H and O–H groups in total. The second-order valence-corrected chi connectivity index (χ2v) is 6.53. The van der Waals surface area contributed by atoms with Gasteiger partial charge < -0.3 is 20.1 Å². The highest BCUT2D eigenvalue weighted by Gasteiger charge is 2.27. The number of nitrogens with zero attached hydrogens (tertiary/aromatic N) is 1. The lowest BCUT2D eigenvalue weighted by atomic mass is 10.1. The van der Waals surface area contributed by atoms with Gasteiger partial charge >= 0.3 is 0 Å². The number of rotatable bonds is 7. The number of nitrogens with one attached hydrogen (secondary N) is 1. The standard InChI is InChI=1S/C21H23FN2O3/c1-14(26)12-24-13-19(16-5-3-15(4-6-16)9-10-25)23-21(24)17-7-8-18(22)20(11-17)27-2/h3-8,11,13,21,23,25H,9-10,12H2,1-2H3. The average molecular weight is 370 g/mol. The number of benzene rings is 2. The smallest absolute Gasteiger partial charge is 0.165 e. The van der Waals surface area contributed by atoms with Gasteiger partial charge in [-0.15, -0.1) is 0 Å². The van der Waals surface area contributed by atoms with E-state index in [9.17, 15) is 9.18 Å². The van der Waals surface area contributed by atoms with Crippen molar-refractivity contribution in [3.05, 3.63) is 71.2 Å². The van der Waals surface area contributed by atoms with E-state index in [1.54, 1.807) is 12.1 Å². The van der Waals surface area contributed by atoms with Crippen molar-refractivity contribution in [3.8, 4) is 5.75 Å². The first-order valence-electron chi connectivity index (χ1n) is 8.79. The molecule has 6 heteroatoms. The van der Waals surface area contributed by atoms with Crippen molar-refractivity contribution in [1.29, 1.82) is 0 Å². The summed E-state index contributed by atoms with van der Waals surface area (Å²) in [5, 5.41) is 12.5. The van der Waals surface area contributed by atoms with Crippen LogP contribution >= 0.6 is 0 Å². The summed E-state index contributed by atoms with van der Waals surface area (Å²) in [6, 6.07) is 12.6. The predicted octanol–water partition coefficient (Wildman–Crippen LogP) is 2.86. The number of Topliss-reactive ketones (excluding diaryl/α,β-unsaturated/α-hetero) is 1. The normalized spacial score (nSPS) is 16.1. The summed E-state index contributed by atoms with van der Waals surface area (Å²) in [4.78, 5) is 13.6. The molecule has 0 fully saturated rings. The fourth-order valence-electron chi connectivity index (χ4n) is 3.16. The molecule has 1 aliphatic heterocycles. The van der Waals surface area contributed by atoms with Crippen LogP contribution in [0.4, 0.5) is 4.39 Å². The van der Waals surface area contributed by atoms with Gasteiger partial charge in [0.2, 0.25) is 0 Å². The third-order valence-corrected chi connectivity index (χ3v) is 4.48. The van der Waals surface area contributed by atoms with E-state index in [4.69, 9.17) is 9.84 Å². The van der Waals surface area contributed by atoms with Crippen LogP contribution in [0.3, 0.4) is 0 Å². The lowest BCUT2D eigenvalue weighted by molar-refractivity contribution is -0.118. The lowest BCUT2D eigenvalue weighted by Crippen LogP contribution is -2.31. The van der Waals surface area contributed by atoms with Gasteiger partial charge in [-0.2, -0.15) is 0 Å². The summed E-state index contributed by atoms with van der Waals surface area (Å²) in [7, 11) is 1.43. The van der Waals surface area contributed by atoms with Gasteiger partial charge in [0.25, 0.3) is 0 Å². The number of halogens is 1. The largest absolute Gasteiger partial charge is 0.494 e. The van der Waals surface area contributed by atoms with Crippen LogP contribution in [0.25, 0.3) is 5.70 Å². The first-order chi connectivity index (χ1) is 13.0. The van der Waals surface area contributed by atoms with Gasteiger partial charge in [-0.3, -0.25) is 4.79 Å². The number of methoxy groups -OCH3 is 1. The van der Waals surface area contributed by atoms with Crippen LogP contribution in [0.15, 0.2) is 48.7 Å². The zero-order valence-corrected chi connectivity index (χ0v) is 15.4. The number of carbonyl (C=O) groups is 1. The van der Waals surface area contributed by atoms with Crippen molar-refractivity contribution in [3.63, 3.8) is 0 Å². The number of ketones is 1. The highest BCUT2D eigenvalue weighted by Crippen LogP contribution is 2.32. The fourth-order valence-corrected chi connectivity index (χ4v) is 3.16. The Labute approximate surface area is 158 Å². The van der Waals surface area contributed by atoms with Gasteiger partial charge in [0, 0.05) is 12.8 Å². The van der Waals surface area contributed by atoms with Crippen LogP contribution in [-0.4, -0.2) is 36.1 Å². The van der Waals surface area contributed by atoms with E-state index < -0.39 is 5.82 Å². The summed E-state index contributed by atoms with van der Waals surface area (Å²) in [6.07, 6.45) is 2.22. The monoisotopic (exact) mass is 370 g/mol.